The van der Waals surface area contributed by atoms with Gasteiger partial charge in [0.1, 0.15) is 0 Å². The summed E-state index contributed by atoms with van der Waals surface area (Å²) in [5, 5.41) is 3.49. The molecule has 0 bridgehead atoms. The Morgan fingerprint density at radius 2 is 1.90 bits per heavy atom. The van der Waals surface area contributed by atoms with Gasteiger partial charge in [-0.2, -0.15) is 0 Å². The van der Waals surface area contributed by atoms with Crippen LogP contribution in [0.25, 0.3) is 0 Å². The van der Waals surface area contributed by atoms with Crippen molar-refractivity contribution >= 4 is 15.5 Å². The van der Waals surface area contributed by atoms with Crippen LogP contribution in [0.2, 0.25) is 0 Å². The van der Waals surface area contributed by atoms with E-state index in [1.54, 1.807) is 19.1 Å². The molecule has 3 nitrogen and oxygen atoms in total. The first-order valence-electron chi connectivity index (χ1n) is 7.52. The highest BCUT2D eigenvalue weighted by atomic mass is 32.2. The molecule has 1 aromatic rings. The molecule has 0 aromatic heterocycles. The Morgan fingerprint density at radius 3 is 2.60 bits per heavy atom. The Labute approximate surface area is 122 Å². The molecule has 3 unspecified atom stereocenters. The normalized spacial score (nSPS) is 27.2. The molecule has 1 aromatic carbocycles. The first kappa shape index (κ1) is 15.4. The first-order chi connectivity index (χ1) is 9.44. The number of anilines is 1. The zero-order chi connectivity index (χ0) is 14.8. The number of para-hydroxylation sites is 1. The largest absolute Gasteiger partial charge is 0.381 e. The second-order valence-corrected chi connectivity index (χ2v) is 8.29. The van der Waals surface area contributed by atoms with Crippen LogP contribution in [0.15, 0.2) is 29.2 Å². The number of sulfone groups is 1. The monoisotopic (exact) mass is 295 g/mol. The van der Waals surface area contributed by atoms with E-state index in [0.29, 0.717) is 22.8 Å². The first-order valence-corrected chi connectivity index (χ1v) is 9.17. The third kappa shape index (κ3) is 3.35. The summed E-state index contributed by atoms with van der Waals surface area (Å²) >= 11 is 0. The van der Waals surface area contributed by atoms with Crippen molar-refractivity contribution in [1.29, 1.82) is 0 Å². The minimum Gasteiger partial charge on any atom is -0.381 e. The third-order valence-electron chi connectivity index (χ3n) is 4.40. The molecule has 0 heterocycles. The molecule has 1 aliphatic rings. The Morgan fingerprint density at radius 1 is 1.20 bits per heavy atom. The molecular weight excluding hydrogens is 270 g/mol. The molecule has 3 atom stereocenters. The van der Waals surface area contributed by atoms with Gasteiger partial charge in [0.15, 0.2) is 9.84 Å². The van der Waals surface area contributed by atoms with Crippen LogP contribution in [0.1, 0.15) is 40.0 Å². The number of rotatable bonds is 4. The maximum absolute atomic E-state index is 12.2. The summed E-state index contributed by atoms with van der Waals surface area (Å²) in [6.45, 7) is 6.22. The SMILES string of the molecule is CCS(=O)(=O)c1ccccc1NC1CC(C)CCC1C. The molecule has 0 spiro atoms. The topological polar surface area (TPSA) is 46.2 Å². The summed E-state index contributed by atoms with van der Waals surface area (Å²) in [6.07, 6.45) is 3.59. The minimum absolute atomic E-state index is 0.141. The van der Waals surface area contributed by atoms with Gasteiger partial charge in [-0.25, -0.2) is 8.42 Å². The van der Waals surface area contributed by atoms with Crippen LogP contribution < -0.4 is 5.32 Å². The molecule has 0 amide bonds. The number of hydrogen-bond acceptors (Lipinski definition) is 3. The van der Waals surface area contributed by atoms with Gasteiger partial charge in [0, 0.05) is 6.04 Å². The Bertz CT molecular complexity index is 553. The van der Waals surface area contributed by atoms with E-state index in [0.717, 1.165) is 12.1 Å². The van der Waals surface area contributed by atoms with E-state index in [1.165, 1.54) is 12.8 Å². The van der Waals surface area contributed by atoms with Crippen LogP contribution in [-0.4, -0.2) is 20.2 Å². The van der Waals surface area contributed by atoms with Crippen molar-refractivity contribution in [3.8, 4) is 0 Å². The fourth-order valence-corrected chi connectivity index (χ4v) is 4.00. The van der Waals surface area contributed by atoms with Gasteiger partial charge < -0.3 is 5.32 Å². The molecule has 1 saturated carbocycles. The maximum atomic E-state index is 12.2. The van der Waals surface area contributed by atoms with E-state index < -0.39 is 9.84 Å². The highest BCUT2D eigenvalue weighted by Gasteiger charge is 2.27. The molecule has 0 saturated heterocycles. The van der Waals surface area contributed by atoms with Gasteiger partial charge in [-0.15, -0.1) is 0 Å². The summed E-state index contributed by atoms with van der Waals surface area (Å²) in [7, 11) is -3.17. The van der Waals surface area contributed by atoms with Gasteiger partial charge in [-0.1, -0.05) is 39.3 Å². The molecule has 0 aliphatic heterocycles. The average molecular weight is 295 g/mol. The molecule has 4 heteroatoms. The van der Waals surface area contributed by atoms with Crippen LogP contribution in [0, 0.1) is 11.8 Å². The zero-order valence-corrected chi connectivity index (χ0v) is 13.4. The molecule has 1 aliphatic carbocycles. The van der Waals surface area contributed by atoms with Crippen molar-refractivity contribution in [2.24, 2.45) is 11.8 Å². The number of nitrogens with one attached hydrogen (secondary N) is 1. The lowest BCUT2D eigenvalue weighted by atomic mass is 9.80. The van der Waals surface area contributed by atoms with Crippen LogP contribution in [0.4, 0.5) is 5.69 Å². The van der Waals surface area contributed by atoms with E-state index >= 15 is 0 Å². The van der Waals surface area contributed by atoms with Crippen LogP contribution in [0.3, 0.4) is 0 Å². The molecule has 112 valence electrons. The van der Waals surface area contributed by atoms with E-state index in [9.17, 15) is 8.42 Å². The van der Waals surface area contributed by atoms with Crippen molar-refractivity contribution in [3.63, 3.8) is 0 Å². The summed E-state index contributed by atoms with van der Waals surface area (Å²) in [5.41, 5.74) is 0.764. The lowest BCUT2D eigenvalue weighted by Gasteiger charge is -2.34. The number of benzene rings is 1. The fourth-order valence-electron chi connectivity index (χ4n) is 2.95. The molecule has 1 N–H and O–H groups in total. The van der Waals surface area contributed by atoms with Crippen molar-refractivity contribution in [2.75, 3.05) is 11.1 Å². The van der Waals surface area contributed by atoms with Crippen LogP contribution in [-0.2, 0) is 9.84 Å². The molecule has 20 heavy (non-hydrogen) atoms. The zero-order valence-electron chi connectivity index (χ0n) is 12.6. The Hall–Kier alpha value is -1.03. The van der Waals surface area contributed by atoms with Gasteiger partial charge in [-0.05, 0) is 36.8 Å². The second kappa shape index (κ2) is 6.17. The summed E-state index contributed by atoms with van der Waals surface area (Å²) in [5.74, 6) is 1.43. The highest BCUT2D eigenvalue weighted by Crippen LogP contribution is 2.32. The average Bonchev–Trinajstić information content (AvgIpc) is 2.43. The van der Waals surface area contributed by atoms with Gasteiger partial charge in [0.2, 0.25) is 0 Å². The fraction of sp³-hybridized carbons (Fsp3) is 0.625. The lowest BCUT2D eigenvalue weighted by molar-refractivity contribution is 0.280. The smallest absolute Gasteiger partial charge is 0.180 e. The summed E-state index contributed by atoms with van der Waals surface area (Å²) in [6, 6.07) is 7.65. The summed E-state index contributed by atoms with van der Waals surface area (Å²) in [4.78, 5) is 0.438. The van der Waals surface area contributed by atoms with E-state index in [1.807, 2.05) is 12.1 Å². The summed E-state index contributed by atoms with van der Waals surface area (Å²) < 4.78 is 24.3. The predicted molar refractivity (Wildman–Crippen MR) is 83.8 cm³/mol. The van der Waals surface area contributed by atoms with Gasteiger partial charge >= 0.3 is 0 Å². The van der Waals surface area contributed by atoms with Crippen LogP contribution >= 0.6 is 0 Å². The van der Waals surface area contributed by atoms with Crippen molar-refractivity contribution < 1.29 is 8.42 Å². The Balaban J connectivity index is 2.25. The van der Waals surface area contributed by atoms with Crippen LogP contribution in [0.5, 0.6) is 0 Å². The third-order valence-corrected chi connectivity index (χ3v) is 6.19. The quantitative estimate of drug-likeness (QED) is 0.921. The number of hydrogen-bond donors (Lipinski definition) is 1. The maximum Gasteiger partial charge on any atom is 0.180 e. The van der Waals surface area contributed by atoms with Crippen molar-refractivity contribution in [2.45, 2.75) is 51.0 Å². The van der Waals surface area contributed by atoms with E-state index in [4.69, 9.17) is 0 Å². The van der Waals surface area contributed by atoms with Crippen molar-refractivity contribution in [1.82, 2.24) is 0 Å². The van der Waals surface area contributed by atoms with Crippen molar-refractivity contribution in [3.05, 3.63) is 24.3 Å². The lowest BCUT2D eigenvalue weighted by Crippen LogP contribution is -2.34. The van der Waals surface area contributed by atoms with E-state index in [2.05, 4.69) is 19.2 Å². The highest BCUT2D eigenvalue weighted by molar-refractivity contribution is 7.91. The standard InChI is InChI=1S/C16H25NO2S/c1-4-20(18,19)16-8-6-5-7-14(16)17-15-11-12(2)9-10-13(15)3/h5-8,12-13,15,17H,4,9-11H2,1-3H3. The Kier molecular flexibility index (Phi) is 4.74. The van der Waals surface area contributed by atoms with E-state index in [-0.39, 0.29) is 5.75 Å². The molecular formula is C16H25NO2S. The second-order valence-electron chi connectivity index (χ2n) is 6.05. The van der Waals surface area contributed by atoms with Gasteiger partial charge in [0.25, 0.3) is 0 Å². The molecule has 2 rings (SSSR count). The minimum atomic E-state index is -3.17. The molecule has 1 fully saturated rings. The molecule has 0 radical (unpaired) electrons. The van der Waals surface area contributed by atoms with Gasteiger partial charge in [-0.3, -0.25) is 0 Å². The predicted octanol–water partition coefficient (Wildman–Crippen LogP) is 3.72. The van der Waals surface area contributed by atoms with Gasteiger partial charge in [0.05, 0.1) is 16.3 Å².